The van der Waals surface area contributed by atoms with Crippen LogP contribution < -0.4 is 5.32 Å². The standard InChI is InChI=1S/C21H25N5S/c1-17-6-7-18(2)20(13-17)24-21(27)26(15-19-5-3-8-22-14-19)11-4-10-25-12-9-23-16-25/h3,5-9,12-14,16H,4,10-11,15H2,1-2H3,(H,24,27). The lowest BCUT2D eigenvalue weighted by atomic mass is 10.1. The number of aryl methyl sites for hydroxylation is 3. The van der Waals surface area contributed by atoms with Gasteiger partial charge in [-0.3, -0.25) is 4.98 Å². The quantitative estimate of drug-likeness (QED) is 0.624. The van der Waals surface area contributed by atoms with E-state index >= 15 is 0 Å². The highest BCUT2D eigenvalue weighted by Gasteiger charge is 2.12. The molecule has 140 valence electrons. The van der Waals surface area contributed by atoms with Crippen molar-refractivity contribution in [2.45, 2.75) is 33.4 Å². The third-order valence-electron chi connectivity index (χ3n) is 4.42. The highest BCUT2D eigenvalue weighted by atomic mass is 32.1. The molecule has 27 heavy (non-hydrogen) atoms. The average molecular weight is 380 g/mol. The van der Waals surface area contributed by atoms with E-state index in [1.54, 1.807) is 12.4 Å². The Labute approximate surface area is 166 Å². The first kappa shape index (κ1) is 19.0. The van der Waals surface area contributed by atoms with Gasteiger partial charge in [0, 0.05) is 50.1 Å². The fourth-order valence-corrected chi connectivity index (χ4v) is 3.16. The molecule has 0 atom stereocenters. The topological polar surface area (TPSA) is 46.0 Å². The first-order chi connectivity index (χ1) is 13.1. The van der Waals surface area contributed by atoms with Crippen molar-refractivity contribution in [3.63, 3.8) is 0 Å². The number of thiocarbonyl (C=S) groups is 1. The first-order valence-corrected chi connectivity index (χ1v) is 9.50. The van der Waals surface area contributed by atoms with E-state index in [9.17, 15) is 0 Å². The monoisotopic (exact) mass is 379 g/mol. The summed E-state index contributed by atoms with van der Waals surface area (Å²) >= 11 is 5.75. The molecule has 6 heteroatoms. The molecular weight excluding hydrogens is 354 g/mol. The van der Waals surface area contributed by atoms with Gasteiger partial charge in [-0.05, 0) is 61.3 Å². The largest absolute Gasteiger partial charge is 0.345 e. The van der Waals surface area contributed by atoms with E-state index in [0.29, 0.717) is 0 Å². The van der Waals surface area contributed by atoms with Crippen LogP contribution in [0.4, 0.5) is 5.69 Å². The van der Waals surface area contributed by atoms with Crippen LogP contribution in [0.15, 0.2) is 61.4 Å². The SMILES string of the molecule is Cc1ccc(C)c(NC(=S)N(CCCn2ccnc2)Cc2cccnc2)c1. The molecule has 0 bridgehead atoms. The number of hydrogen-bond acceptors (Lipinski definition) is 3. The number of imidazole rings is 1. The third-order valence-corrected chi connectivity index (χ3v) is 4.78. The summed E-state index contributed by atoms with van der Waals surface area (Å²) in [5, 5.41) is 4.17. The van der Waals surface area contributed by atoms with Crippen LogP contribution in [0.1, 0.15) is 23.1 Å². The molecule has 1 N–H and O–H groups in total. The van der Waals surface area contributed by atoms with Crippen molar-refractivity contribution < 1.29 is 0 Å². The summed E-state index contributed by atoms with van der Waals surface area (Å²) < 4.78 is 2.09. The number of nitrogens with one attached hydrogen (secondary N) is 1. The number of hydrogen-bond donors (Lipinski definition) is 1. The van der Waals surface area contributed by atoms with Crippen molar-refractivity contribution in [2.24, 2.45) is 0 Å². The molecule has 0 aliphatic rings. The van der Waals surface area contributed by atoms with Gasteiger partial charge in [-0.15, -0.1) is 0 Å². The maximum Gasteiger partial charge on any atom is 0.173 e. The molecule has 0 aliphatic heterocycles. The van der Waals surface area contributed by atoms with Crippen LogP contribution in [0.25, 0.3) is 0 Å². The second kappa shape index (κ2) is 9.28. The van der Waals surface area contributed by atoms with E-state index in [-0.39, 0.29) is 0 Å². The number of pyridine rings is 1. The number of rotatable bonds is 7. The normalized spacial score (nSPS) is 10.6. The molecule has 2 heterocycles. The van der Waals surface area contributed by atoms with Crippen molar-refractivity contribution in [1.29, 1.82) is 0 Å². The lowest BCUT2D eigenvalue weighted by Gasteiger charge is -2.26. The van der Waals surface area contributed by atoms with Gasteiger partial charge in [0.1, 0.15) is 0 Å². The molecule has 0 amide bonds. The van der Waals surface area contributed by atoms with Gasteiger partial charge >= 0.3 is 0 Å². The van der Waals surface area contributed by atoms with Crippen molar-refractivity contribution in [2.75, 3.05) is 11.9 Å². The summed E-state index contributed by atoms with van der Waals surface area (Å²) in [7, 11) is 0. The Kier molecular flexibility index (Phi) is 6.54. The summed E-state index contributed by atoms with van der Waals surface area (Å²) in [5.74, 6) is 0. The molecule has 3 aromatic rings. The van der Waals surface area contributed by atoms with Crippen LogP contribution >= 0.6 is 12.2 Å². The first-order valence-electron chi connectivity index (χ1n) is 9.09. The molecule has 0 saturated carbocycles. The third kappa shape index (κ3) is 5.62. The maximum atomic E-state index is 5.75. The van der Waals surface area contributed by atoms with Gasteiger partial charge in [-0.2, -0.15) is 0 Å². The summed E-state index contributed by atoms with van der Waals surface area (Å²) in [6.07, 6.45) is 10.3. The summed E-state index contributed by atoms with van der Waals surface area (Å²) in [6, 6.07) is 10.4. The minimum Gasteiger partial charge on any atom is -0.345 e. The molecule has 0 fully saturated rings. The Morgan fingerprint density at radius 1 is 1.19 bits per heavy atom. The Morgan fingerprint density at radius 2 is 2.07 bits per heavy atom. The maximum absolute atomic E-state index is 5.75. The Balaban J connectivity index is 1.69. The van der Waals surface area contributed by atoms with E-state index in [0.717, 1.165) is 42.4 Å². The van der Waals surface area contributed by atoms with Crippen LogP contribution in [0, 0.1) is 13.8 Å². The predicted octanol–water partition coefficient (Wildman–Crippen LogP) is 4.18. The van der Waals surface area contributed by atoms with Gasteiger partial charge < -0.3 is 14.8 Å². The Morgan fingerprint density at radius 3 is 2.81 bits per heavy atom. The molecule has 0 saturated heterocycles. The van der Waals surface area contributed by atoms with E-state index in [1.165, 1.54) is 11.1 Å². The van der Waals surface area contributed by atoms with Crippen molar-refractivity contribution >= 4 is 23.0 Å². The van der Waals surface area contributed by atoms with E-state index in [1.807, 2.05) is 24.8 Å². The molecule has 0 unspecified atom stereocenters. The number of anilines is 1. The van der Waals surface area contributed by atoms with E-state index in [2.05, 4.69) is 62.9 Å². The predicted molar refractivity (Wildman–Crippen MR) is 114 cm³/mol. The Hall–Kier alpha value is -2.73. The van der Waals surface area contributed by atoms with Crippen molar-refractivity contribution in [3.8, 4) is 0 Å². The van der Waals surface area contributed by atoms with Crippen LogP contribution in [0.3, 0.4) is 0 Å². The van der Waals surface area contributed by atoms with Gasteiger partial charge in [-0.25, -0.2) is 4.98 Å². The van der Waals surface area contributed by atoms with Crippen LogP contribution in [0.5, 0.6) is 0 Å². The molecule has 1 aromatic carbocycles. The van der Waals surface area contributed by atoms with Crippen LogP contribution in [-0.2, 0) is 13.1 Å². The molecule has 3 rings (SSSR count). The zero-order valence-electron chi connectivity index (χ0n) is 15.8. The van der Waals surface area contributed by atoms with Crippen molar-refractivity contribution in [3.05, 3.63) is 78.1 Å². The van der Waals surface area contributed by atoms with Crippen molar-refractivity contribution in [1.82, 2.24) is 19.4 Å². The molecule has 0 radical (unpaired) electrons. The molecule has 2 aromatic heterocycles. The number of benzene rings is 1. The minimum absolute atomic E-state index is 0.731. The smallest absolute Gasteiger partial charge is 0.173 e. The summed E-state index contributed by atoms with van der Waals surface area (Å²) in [4.78, 5) is 10.5. The Bertz CT molecular complexity index is 862. The number of aromatic nitrogens is 3. The average Bonchev–Trinajstić information content (AvgIpc) is 3.18. The second-order valence-corrected chi connectivity index (χ2v) is 7.07. The van der Waals surface area contributed by atoms with Crippen LogP contribution in [0.2, 0.25) is 0 Å². The van der Waals surface area contributed by atoms with E-state index < -0.39 is 0 Å². The number of nitrogens with zero attached hydrogens (tertiary/aromatic N) is 4. The fourth-order valence-electron chi connectivity index (χ4n) is 2.89. The van der Waals surface area contributed by atoms with E-state index in [4.69, 9.17) is 12.2 Å². The lowest BCUT2D eigenvalue weighted by molar-refractivity contribution is 0.395. The van der Waals surface area contributed by atoms with Crippen LogP contribution in [-0.4, -0.2) is 31.1 Å². The van der Waals surface area contributed by atoms with Gasteiger partial charge in [0.15, 0.2) is 5.11 Å². The highest BCUT2D eigenvalue weighted by Crippen LogP contribution is 2.18. The molecule has 0 spiro atoms. The minimum atomic E-state index is 0.731. The summed E-state index contributed by atoms with van der Waals surface area (Å²) in [5.41, 5.74) is 4.60. The second-order valence-electron chi connectivity index (χ2n) is 6.69. The molecule has 5 nitrogen and oxygen atoms in total. The zero-order chi connectivity index (χ0) is 19.1. The van der Waals surface area contributed by atoms with Gasteiger partial charge in [0.25, 0.3) is 0 Å². The fraction of sp³-hybridized carbons (Fsp3) is 0.286. The van der Waals surface area contributed by atoms with Gasteiger partial charge in [0.05, 0.1) is 6.33 Å². The van der Waals surface area contributed by atoms with Gasteiger partial charge in [0.2, 0.25) is 0 Å². The molecular formula is C21H25N5S. The van der Waals surface area contributed by atoms with Gasteiger partial charge in [-0.1, -0.05) is 18.2 Å². The molecule has 0 aliphatic carbocycles. The highest BCUT2D eigenvalue weighted by molar-refractivity contribution is 7.80. The lowest BCUT2D eigenvalue weighted by Crippen LogP contribution is -2.35. The zero-order valence-corrected chi connectivity index (χ0v) is 16.6. The summed E-state index contributed by atoms with van der Waals surface area (Å²) in [6.45, 7) is 6.68.